The largest absolute Gasteiger partial charge is 0.493 e. The van der Waals surface area contributed by atoms with E-state index in [1.807, 2.05) is 6.92 Å². The van der Waals surface area contributed by atoms with Crippen molar-refractivity contribution >= 4 is 5.97 Å². The van der Waals surface area contributed by atoms with E-state index >= 15 is 0 Å². The molecule has 3 nitrogen and oxygen atoms in total. The average Bonchev–Trinajstić information content (AvgIpc) is 2.75. The van der Waals surface area contributed by atoms with E-state index in [-0.39, 0.29) is 11.3 Å². The first kappa shape index (κ1) is 25.1. The van der Waals surface area contributed by atoms with E-state index in [9.17, 15) is 9.90 Å². The Labute approximate surface area is 196 Å². The van der Waals surface area contributed by atoms with Gasteiger partial charge >= 0.3 is 5.97 Å². The lowest BCUT2D eigenvalue weighted by Gasteiger charge is -2.53. The molecular weight excluding hydrogens is 396 g/mol. The van der Waals surface area contributed by atoms with Crippen LogP contribution in [0.2, 0.25) is 0 Å². The van der Waals surface area contributed by atoms with E-state index in [2.05, 4.69) is 39.8 Å². The predicted octanol–water partition coefficient (Wildman–Crippen LogP) is 8.03. The molecule has 3 rings (SSSR count). The van der Waals surface area contributed by atoms with Gasteiger partial charge in [0.05, 0.1) is 12.0 Å². The van der Waals surface area contributed by atoms with Gasteiger partial charge in [-0.3, -0.25) is 4.79 Å². The van der Waals surface area contributed by atoms with Crippen molar-refractivity contribution < 1.29 is 14.6 Å². The molecule has 1 aromatic rings. The highest BCUT2D eigenvalue weighted by molar-refractivity contribution is 5.75. The molecule has 0 saturated heterocycles. The third-order valence-electron chi connectivity index (χ3n) is 8.60. The molecule has 1 saturated carbocycles. The van der Waals surface area contributed by atoms with Crippen LogP contribution >= 0.6 is 0 Å². The zero-order valence-electron chi connectivity index (χ0n) is 21.3. The van der Waals surface area contributed by atoms with Gasteiger partial charge < -0.3 is 9.84 Å². The monoisotopic (exact) mass is 442 g/mol. The average molecular weight is 443 g/mol. The van der Waals surface area contributed by atoms with Crippen LogP contribution in [-0.2, 0) is 16.6 Å². The number of aliphatic carboxylic acids is 1. The Morgan fingerprint density at radius 1 is 1.09 bits per heavy atom. The number of hydrogen-bond donors (Lipinski definition) is 1. The number of carboxylic acids is 1. The van der Waals surface area contributed by atoms with Crippen LogP contribution < -0.4 is 4.74 Å². The highest BCUT2D eigenvalue weighted by Gasteiger charge is 2.55. The molecule has 2 aliphatic carbocycles. The molecule has 0 bridgehead atoms. The van der Waals surface area contributed by atoms with E-state index in [4.69, 9.17) is 4.74 Å². The third-order valence-corrected chi connectivity index (χ3v) is 8.60. The Hall–Kier alpha value is -1.51. The summed E-state index contributed by atoms with van der Waals surface area (Å²) in [5.41, 5.74) is 3.39. The number of benzene rings is 1. The van der Waals surface area contributed by atoms with Crippen LogP contribution in [0, 0.1) is 11.3 Å². The second-order valence-electron chi connectivity index (χ2n) is 11.3. The quantitative estimate of drug-likeness (QED) is 0.353. The lowest BCUT2D eigenvalue weighted by molar-refractivity contribution is -0.157. The first-order valence-corrected chi connectivity index (χ1v) is 13.3. The van der Waals surface area contributed by atoms with Crippen molar-refractivity contribution in [1.82, 2.24) is 0 Å². The number of carboxylic acid groups (broad SMARTS) is 1. The second kappa shape index (κ2) is 10.6. The molecule has 1 fully saturated rings. The minimum atomic E-state index is -0.625. The van der Waals surface area contributed by atoms with Crippen molar-refractivity contribution in [2.45, 2.75) is 123 Å². The van der Waals surface area contributed by atoms with Gasteiger partial charge in [0.1, 0.15) is 5.75 Å². The van der Waals surface area contributed by atoms with E-state index in [1.54, 1.807) is 0 Å². The summed E-state index contributed by atoms with van der Waals surface area (Å²) in [6.07, 6.45) is 13.8. The molecule has 1 aromatic carbocycles. The van der Waals surface area contributed by atoms with Gasteiger partial charge in [0.25, 0.3) is 0 Å². The lowest BCUT2D eigenvalue weighted by Crippen LogP contribution is -2.52. The molecule has 32 heavy (non-hydrogen) atoms. The molecule has 0 spiro atoms. The van der Waals surface area contributed by atoms with Crippen LogP contribution in [-0.4, -0.2) is 17.7 Å². The van der Waals surface area contributed by atoms with Crippen molar-refractivity contribution in [3.8, 4) is 5.75 Å². The minimum Gasteiger partial charge on any atom is -0.493 e. The molecule has 180 valence electrons. The smallest absolute Gasteiger partial charge is 0.309 e. The highest BCUT2D eigenvalue weighted by Crippen LogP contribution is 2.58. The Balaban J connectivity index is 1.78. The molecular formula is C29H46O3. The van der Waals surface area contributed by atoms with Crippen LogP contribution in [0.5, 0.6) is 5.75 Å². The lowest BCUT2D eigenvalue weighted by atomic mass is 9.49. The van der Waals surface area contributed by atoms with Gasteiger partial charge in [0, 0.05) is 0 Å². The molecule has 3 atom stereocenters. The number of aryl methyl sites for hydroxylation is 1. The van der Waals surface area contributed by atoms with Crippen molar-refractivity contribution in [3.05, 3.63) is 28.8 Å². The molecule has 1 N–H and O–H groups in total. The molecule has 2 aliphatic rings. The predicted molar refractivity (Wildman–Crippen MR) is 133 cm³/mol. The summed E-state index contributed by atoms with van der Waals surface area (Å²) >= 11 is 0. The Kier molecular flexibility index (Phi) is 8.33. The molecule has 0 aromatic heterocycles. The summed E-state index contributed by atoms with van der Waals surface area (Å²) in [6, 6.07) is 4.69. The fourth-order valence-corrected chi connectivity index (χ4v) is 6.59. The van der Waals surface area contributed by atoms with Gasteiger partial charge in [0.15, 0.2) is 0 Å². The van der Waals surface area contributed by atoms with E-state index in [1.165, 1.54) is 55.2 Å². The maximum absolute atomic E-state index is 12.3. The Morgan fingerprint density at radius 2 is 1.78 bits per heavy atom. The minimum absolute atomic E-state index is 0.0775. The van der Waals surface area contributed by atoms with Crippen molar-refractivity contribution in [3.63, 3.8) is 0 Å². The van der Waals surface area contributed by atoms with Crippen LogP contribution in [0.1, 0.15) is 128 Å². The number of unbranched alkanes of at least 4 members (excludes halogenated alkanes) is 6. The summed E-state index contributed by atoms with van der Waals surface area (Å²) < 4.78 is 6.40. The fraction of sp³-hybridized carbons (Fsp3) is 0.759. The first-order chi connectivity index (χ1) is 15.2. The normalized spacial score (nSPS) is 27.1. The van der Waals surface area contributed by atoms with Gasteiger partial charge in [-0.15, -0.1) is 0 Å². The summed E-state index contributed by atoms with van der Waals surface area (Å²) in [5.74, 6) is 1.03. The highest BCUT2D eigenvalue weighted by atomic mass is 16.5. The zero-order valence-corrected chi connectivity index (χ0v) is 21.3. The van der Waals surface area contributed by atoms with Crippen molar-refractivity contribution in [2.75, 3.05) is 6.61 Å². The molecule has 0 radical (unpaired) electrons. The Bertz CT molecular complexity index is 783. The SMILES string of the molecule is CCCCCCCCCOc1cc2c(cc1C(C)C)CC[C@H]1[C@](C)(C(=O)O)CCC[C@]21C. The second-order valence-corrected chi connectivity index (χ2v) is 11.3. The molecule has 0 aliphatic heterocycles. The van der Waals surface area contributed by atoms with Crippen LogP contribution in [0.15, 0.2) is 12.1 Å². The van der Waals surface area contributed by atoms with Crippen LogP contribution in [0.25, 0.3) is 0 Å². The molecule has 3 heteroatoms. The standard InChI is InChI=1S/C29H46O3/c1-6-7-8-9-10-11-12-18-32-25-20-24-22(19-23(25)21(2)3)14-15-26-28(24,4)16-13-17-29(26,5)27(30)31/h19-21,26H,6-18H2,1-5H3,(H,30,31)/t26-,28-,29-/m1/s1. The van der Waals surface area contributed by atoms with Crippen molar-refractivity contribution in [1.29, 1.82) is 0 Å². The molecule has 0 heterocycles. The number of ether oxygens (including phenoxy) is 1. The fourth-order valence-electron chi connectivity index (χ4n) is 6.59. The van der Waals surface area contributed by atoms with E-state index in [0.717, 1.165) is 50.9 Å². The van der Waals surface area contributed by atoms with Gasteiger partial charge in [0.2, 0.25) is 0 Å². The molecule has 0 unspecified atom stereocenters. The summed E-state index contributed by atoms with van der Waals surface area (Å²) in [4.78, 5) is 12.3. The number of fused-ring (bicyclic) bond motifs is 3. The van der Waals surface area contributed by atoms with Gasteiger partial charge in [-0.25, -0.2) is 0 Å². The summed E-state index contributed by atoms with van der Waals surface area (Å²) in [7, 11) is 0. The zero-order chi connectivity index (χ0) is 23.4. The maximum atomic E-state index is 12.3. The topological polar surface area (TPSA) is 46.5 Å². The van der Waals surface area contributed by atoms with Crippen LogP contribution in [0.3, 0.4) is 0 Å². The number of rotatable bonds is 11. The van der Waals surface area contributed by atoms with Gasteiger partial charge in [-0.2, -0.15) is 0 Å². The van der Waals surface area contributed by atoms with E-state index < -0.39 is 11.4 Å². The first-order valence-electron chi connectivity index (χ1n) is 13.3. The maximum Gasteiger partial charge on any atom is 0.309 e. The summed E-state index contributed by atoms with van der Waals surface area (Å²) in [6.45, 7) is 11.8. The van der Waals surface area contributed by atoms with Gasteiger partial charge in [-0.1, -0.05) is 78.7 Å². The van der Waals surface area contributed by atoms with Gasteiger partial charge in [-0.05, 0) is 79.0 Å². The Morgan fingerprint density at radius 3 is 2.44 bits per heavy atom. The number of carbonyl (C=O) groups is 1. The van der Waals surface area contributed by atoms with Crippen LogP contribution in [0.4, 0.5) is 0 Å². The van der Waals surface area contributed by atoms with Crippen molar-refractivity contribution in [2.24, 2.45) is 11.3 Å². The number of hydrogen-bond acceptors (Lipinski definition) is 2. The molecule has 0 amide bonds. The van der Waals surface area contributed by atoms with E-state index in [0.29, 0.717) is 5.92 Å². The third kappa shape index (κ3) is 5.02. The summed E-state index contributed by atoms with van der Waals surface area (Å²) in [5, 5.41) is 10.1.